The van der Waals surface area contributed by atoms with Crippen molar-refractivity contribution in [1.29, 1.82) is 0 Å². The maximum absolute atomic E-state index is 5.46. The zero-order valence-electron chi connectivity index (χ0n) is 12.0. The quantitative estimate of drug-likeness (QED) is 0.808. The fourth-order valence-corrected chi connectivity index (χ4v) is 2.05. The summed E-state index contributed by atoms with van der Waals surface area (Å²) < 4.78 is 10.7. The lowest BCUT2D eigenvalue weighted by Crippen LogP contribution is -2.24. The molecule has 0 aliphatic heterocycles. The molecule has 2 rings (SSSR count). The monoisotopic (exact) mass is 276 g/mol. The molecule has 0 saturated heterocycles. The Kier molecular flexibility index (Phi) is 4.95. The summed E-state index contributed by atoms with van der Waals surface area (Å²) in [4.78, 5) is 4.25. The Hall–Kier alpha value is -2.08. The number of hydrogen-bond donors (Lipinski definition) is 2. The van der Waals surface area contributed by atoms with Gasteiger partial charge in [0.05, 0.1) is 20.3 Å². The number of rotatable bonds is 7. The van der Waals surface area contributed by atoms with Crippen molar-refractivity contribution in [2.45, 2.75) is 19.4 Å². The number of aromatic amines is 1. The highest BCUT2D eigenvalue weighted by Gasteiger charge is 2.20. The van der Waals surface area contributed by atoms with Crippen molar-refractivity contribution < 1.29 is 9.47 Å². The third-order valence-electron chi connectivity index (χ3n) is 3.06. The molecule has 2 N–H and O–H groups in total. The molecule has 1 aromatic heterocycles. The van der Waals surface area contributed by atoms with Gasteiger partial charge in [0.2, 0.25) is 0 Å². The predicted octanol–water partition coefficient (Wildman–Crippen LogP) is 1.91. The number of nitrogens with zero attached hydrogens (tertiary/aromatic N) is 2. The number of hydrogen-bond acceptors (Lipinski definition) is 5. The van der Waals surface area contributed by atoms with E-state index in [0.717, 1.165) is 35.9 Å². The van der Waals surface area contributed by atoms with Gasteiger partial charge in [-0.05, 0) is 25.1 Å². The van der Waals surface area contributed by atoms with Crippen molar-refractivity contribution >= 4 is 0 Å². The molecule has 1 heterocycles. The Balaban J connectivity index is 2.37. The molecule has 0 bridgehead atoms. The van der Waals surface area contributed by atoms with Crippen LogP contribution in [0.15, 0.2) is 24.5 Å². The van der Waals surface area contributed by atoms with Crippen molar-refractivity contribution in [2.75, 3.05) is 20.8 Å². The van der Waals surface area contributed by atoms with Crippen LogP contribution in [0.25, 0.3) is 0 Å². The fourth-order valence-electron chi connectivity index (χ4n) is 2.05. The normalized spacial score (nSPS) is 12.2. The molecule has 0 spiro atoms. The molecule has 1 atom stereocenters. The van der Waals surface area contributed by atoms with Gasteiger partial charge in [-0.1, -0.05) is 6.92 Å². The average molecular weight is 276 g/mol. The Labute approximate surface area is 118 Å². The molecule has 0 aliphatic carbocycles. The second-order valence-electron chi connectivity index (χ2n) is 4.37. The van der Waals surface area contributed by atoms with E-state index in [4.69, 9.17) is 9.47 Å². The molecule has 0 radical (unpaired) electrons. The molecular formula is C14H20N4O2. The maximum atomic E-state index is 5.46. The predicted molar refractivity (Wildman–Crippen MR) is 76.1 cm³/mol. The summed E-state index contributed by atoms with van der Waals surface area (Å²) in [5.41, 5.74) is 0.999. The van der Waals surface area contributed by atoms with Gasteiger partial charge < -0.3 is 14.8 Å². The fraction of sp³-hybridized carbons (Fsp3) is 0.429. The summed E-state index contributed by atoms with van der Waals surface area (Å²) in [5, 5.41) is 10.3. The smallest absolute Gasteiger partial charge is 0.146 e. The molecule has 6 heteroatoms. The second kappa shape index (κ2) is 6.91. The van der Waals surface area contributed by atoms with Gasteiger partial charge in [-0.25, -0.2) is 4.98 Å². The first-order chi connectivity index (χ1) is 9.80. The van der Waals surface area contributed by atoms with E-state index in [1.807, 2.05) is 18.2 Å². The minimum absolute atomic E-state index is 0.0849. The first-order valence-electron chi connectivity index (χ1n) is 6.60. The summed E-state index contributed by atoms with van der Waals surface area (Å²) in [6.07, 6.45) is 2.54. The van der Waals surface area contributed by atoms with Gasteiger partial charge >= 0.3 is 0 Å². The van der Waals surface area contributed by atoms with Crippen LogP contribution in [0.5, 0.6) is 11.5 Å². The Morgan fingerprint density at radius 2 is 2.15 bits per heavy atom. The van der Waals surface area contributed by atoms with Crippen molar-refractivity contribution in [1.82, 2.24) is 20.5 Å². The van der Waals surface area contributed by atoms with Gasteiger partial charge in [-0.15, -0.1) is 0 Å². The molecule has 1 unspecified atom stereocenters. The van der Waals surface area contributed by atoms with E-state index in [1.54, 1.807) is 14.2 Å². The van der Waals surface area contributed by atoms with Gasteiger partial charge in [-0.3, -0.25) is 5.10 Å². The highest BCUT2D eigenvalue weighted by molar-refractivity contribution is 5.44. The maximum Gasteiger partial charge on any atom is 0.146 e. The van der Waals surface area contributed by atoms with Crippen LogP contribution in [0.3, 0.4) is 0 Å². The lowest BCUT2D eigenvalue weighted by molar-refractivity contribution is 0.386. The van der Waals surface area contributed by atoms with E-state index in [1.165, 1.54) is 6.33 Å². The Morgan fingerprint density at radius 1 is 1.30 bits per heavy atom. The van der Waals surface area contributed by atoms with Gasteiger partial charge in [0, 0.05) is 11.6 Å². The van der Waals surface area contributed by atoms with Gasteiger partial charge in [0.15, 0.2) is 0 Å². The lowest BCUT2D eigenvalue weighted by atomic mass is 10.0. The zero-order valence-corrected chi connectivity index (χ0v) is 12.0. The summed E-state index contributed by atoms with van der Waals surface area (Å²) in [6, 6.07) is 5.67. The van der Waals surface area contributed by atoms with E-state index >= 15 is 0 Å². The van der Waals surface area contributed by atoms with E-state index < -0.39 is 0 Å². The molecule has 6 nitrogen and oxygen atoms in total. The number of ether oxygens (including phenoxy) is 2. The van der Waals surface area contributed by atoms with Crippen LogP contribution in [0.1, 0.15) is 30.8 Å². The Bertz CT molecular complexity index is 528. The van der Waals surface area contributed by atoms with Crippen LogP contribution < -0.4 is 14.8 Å². The third-order valence-corrected chi connectivity index (χ3v) is 3.06. The summed E-state index contributed by atoms with van der Waals surface area (Å²) in [6.45, 7) is 3.00. The number of methoxy groups -OCH3 is 2. The summed E-state index contributed by atoms with van der Waals surface area (Å²) >= 11 is 0. The van der Waals surface area contributed by atoms with E-state index in [2.05, 4.69) is 27.4 Å². The van der Waals surface area contributed by atoms with E-state index in [-0.39, 0.29) is 6.04 Å². The molecule has 1 aromatic carbocycles. The highest BCUT2D eigenvalue weighted by Crippen LogP contribution is 2.31. The zero-order chi connectivity index (χ0) is 14.4. The topological polar surface area (TPSA) is 72.1 Å². The van der Waals surface area contributed by atoms with E-state index in [9.17, 15) is 0 Å². The molecule has 0 aliphatic rings. The van der Waals surface area contributed by atoms with Crippen molar-refractivity contribution in [2.24, 2.45) is 0 Å². The van der Waals surface area contributed by atoms with Crippen LogP contribution in [0.2, 0.25) is 0 Å². The Morgan fingerprint density at radius 3 is 2.75 bits per heavy atom. The molecule has 108 valence electrons. The van der Waals surface area contributed by atoms with Crippen molar-refractivity contribution in [3.8, 4) is 11.5 Å². The van der Waals surface area contributed by atoms with Gasteiger partial charge in [0.25, 0.3) is 0 Å². The first-order valence-corrected chi connectivity index (χ1v) is 6.60. The third kappa shape index (κ3) is 3.08. The molecule has 0 amide bonds. The SMILES string of the molecule is CCCNC(c1ncn[nH]1)c1ccc(OC)cc1OC. The van der Waals surface area contributed by atoms with Crippen molar-refractivity contribution in [3.63, 3.8) is 0 Å². The number of aromatic nitrogens is 3. The molecule has 0 saturated carbocycles. The van der Waals surface area contributed by atoms with Crippen molar-refractivity contribution in [3.05, 3.63) is 35.9 Å². The summed E-state index contributed by atoms with van der Waals surface area (Å²) in [7, 11) is 3.28. The van der Waals surface area contributed by atoms with Crippen LogP contribution in [0.4, 0.5) is 0 Å². The average Bonchev–Trinajstić information content (AvgIpc) is 3.02. The second-order valence-corrected chi connectivity index (χ2v) is 4.37. The van der Waals surface area contributed by atoms with E-state index in [0.29, 0.717) is 0 Å². The molecule has 2 aromatic rings. The number of H-pyrrole nitrogens is 1. The minimum Gasteiger partial charge on any atom is -0.497 e. The standard InChI is InChI=1S/C14H20N4O2/c1-4-7-15-13(14-16-9-17-18-14)11-6-5-10(19-2)8-12(11)20-3/h5-6,8-9,13,15H,4,7H2,1-3H3,(H,16,17,18). The van der Waals surface area contributed by atoms with Crippen LogP contribution in [-0.2, 0) is 0 Å². The largest absolute Gasteiger partial charge is 0.497 e. The number of nitrogens with one attached hydrogen (secondary N) is 2. The first kappa shape index (κ1) is 14.3. The minimum atomic E-state index is -0.0849. The van der Waals surface area contributed by atoms with Gasteiger partial charge in [-0.2, -0.15) is 5.10 Å². The van der Waals surface area contributed by atoms with Crippen LogP contribution in [-0.4, -0.2) is 35.9 Å². The van der Waals surface area contributed by atoms with Crippen LogP contribution >= 0.6 is 0 Å². The molecule has 20 heavy (non-hydrogen) atoms. The lowest BCUT2D eigenvalue weighted by Gasteiger charge is -2.19. The van der Waals surface area contributed by atoms with Gasteiger partial charge in [0.1, 0.15) is 23.7 Å². The highest BCUT2D eigenvalue weighted by atomic mass is 16.5. The molecule has 0 fully saturated rings. The van der Waals surface area contributed by atoms with Crippen LogP contribution in [0, 0.1) is 0 Å². The number of benzene rings is 1. The summed E-state index contributed by atoms with van der Waals surface area (Å²) in [5.74, 6) is 2.29. The molecular weight excluding hydrogens is 256 g/mol.